The SMILES string of the molecule is COc1ccc(C)cc1S(=O)(=O)N(C)c1ccc2sc(C(=O)N[C@@H](C)c3ccccc3)cc2c1. The first-order chi connectivity index (χ1) is 16.2. The minimum Gasteiger partial charge on any atom is -0.495 e. The molecule has 176 valence electrons. The third kappa shape index (κ3) is 4.64. The summed E-state index contributed by atoms with van der Waals surface area (Å²) in [5.41, 5.74) is 2.34. The van der Waals surface area contributed by atoms with Crippen LogP contribution < -0.4 is 14.4 Å². The number of fused-ring (bicyclic) bond motifs is 1. The van der Waals surface area contributed by atoms with E-state index in [4.69, 9.17) is 4.74 Å². The van der Waals surface area contributed by atoms with Gasteiger partial charge >= 0.3 is 0 Å². The van der Waals surface area contributed by atoms with E-state index in [1.54, 1.807) is 36.4 Å². The second-order valence-electron chi connectivity index (χ2n) is 8.07. The molecule has 0 spiro atoms. The number of nitrogens with one attached hydrogen (secondary N) is 1. The Balaban J connectivity index is 1.61. The van der Waals surface area contributed by atoms with Gasteiger partial charge in [0, 0.05) is 11.7 Å². The largest absolute Gasteiger partial charge is 0.495 e. The van der Waals surface area contributed by atoms with Crippen molar-refractivity contribution in [2.24, 2.45) is 0 Å². The number of amides is 1. The van der Waals surface area contributed by atoms with E-state index in [0.717, 1.165) is 21.2 Å². The molecule has 0 bridgehead atoms. The van der Waals surface area contributed by atoms with Crippen LogP contribution in [-0.2, 0) is 10.0 Å². The van der Waals surface area contributed by atoms with Crippen LogP contribution in [0.25, 0.3) is 10.1 Å². The fourth-order valence-corrected chi connectivity index (χ4v) is 6.08. The second kappa shape index (κ2) is 9.48. The summed E-state index contributed by atoms with van der Waals surface area (Å²) in [5.74, 6) is 0.130. The van der Waals surface area contributed by atoms with E-state index >= 15 is 0 Å². The molecule has 1 heterocycles. The summed E-state index contributed by atoms with van der Waals surface area (Å²) in [6.07, 6.45) is 0. The second-order valence-corrected chi connectivity index (χ2v) is 11.1. The molecule has 1 aromatic heterocycles. The zero-order chi connectivity index (χ0) is 24.5. The number of ether oxygens (including phenoxy) is 1. The third-order valence-electron chi connectivity index (χ3n) is 5.69. The smallest absolute Gasteiger partial charge is 0.267 e. The van der Waals surface area contributed by atoms with Gasteiger partial charge in [-0.05, 0) is 66.8 Å². The number of nitrogens with zero attached hydrogens (tertiary/aromatic N) is 1. The van der Waals surface area contributed by atoms with Crippen LogP contribution in [0.1, 0.15) is 33.8 Å². The van der Waals surface area contributed by atoms with E-state index in [2.05, 4.69) is 5.32 Å². The topological polar surface area (TPSA) is 75.7 Å². The first kappa shape index (κ1) is 23.8. The van der Waals surface area contributed by atoms with E-state index in [1.165, 1.54) is 29.8 Å². The summed E-state index contributed by atoms with van der Waals surface area (Å²) >= 11 is 1.37. The average Bonchev–Trinajstić information content (AvgIpc) is 3.27. The van der Waals surface area contributed by atoms with Crippen LogP contribution in [0.15, 0.2) is 77.7 Å². The van der Waals surface area contributed by atoms with Crippen LogP contribution >= 0.6 is 11.3 Å². The van der Waals surface area contributed by atoms with Gasteiger partial charge in [0.2, 0.25) is 0 Å². The van der Waals surface area contributed by atoms with Gasteiger partial charge in [0.1, 0.15) is 10.6 Å². The molecule has 0 fully saturated rings. The summed E-state index contributed by atoms with van der Waals surface area (Å²) in [5, 5.41) is 3.83. The van der Waals surface area contributed by atoms with Crippen LogP contribution in [0.5, 0.6) is 5.75 Å². The molecular formula is C26H26N2O4S2. The number of benzene rings is 3. The van der Waals surface area contributed by atoms with Crippen molar-refractivity contribution in [2.45, 2.75) is 24.8 Å². The zero-order valence-electron chi connectivity index (χ0n) is 19.4. The quantitative estimate of drug-likeness (QED) is 0.366. The Morgan fingerprint density at radius 3 is 2.47 bits per heavy atom. The van der Waals surface area contributed by atoms with Crippen molar-refractivity contribution in [3.63, 3.8) is 0 Å². The van der Waals surface area contributed by atoms with Crippen molar-refractivity contribution in [3.8, 4) is 5.75 Å². The highest BCUT2D eigenvalue weighted by Crippen LogP contribution is 2.33. The van der Waals surface area contributed by atoms with Crippen LogP contribution in [0, 0.1) is 6.92 Å². The summed E-state index contributed by atoms with van der Waals surface area (Å²) in [4.78, 5) is 13.5. The minimum atomic E-state index is -3.85. The monoisotopic (exact) mass is 494 g/mol. The van der Waals surface area contributed by atoms with Gasteiger partial charge in [0.25, 0.3) is 15.9 Å². The lowest BCUT2D eigenvalue weighted by molar-refractivity contribution is 0.0944. The van der Waals surface area contributed by atoms with Crippen LogP contribution in [-0.4, -0.2) is 28.5 Å². The number of rotatable bonds is 7. The highest BCUT2D eigenvalue weighted by Gasteiger charge is 2.26. The molecule has 0 saturated carbocycles. The molecule has 0 unspecified atom stereocenters. The number of hydrogen-bond donors (Lipinski definition) is 1. The van der Waals surface area contributed by atoms with Crippen LogP contribution in [0.3, 0.4) is 0 Å². The van der Waals surface area contributed by atoms with Gasteiger partial charge in [0.05, 0.1) is 23.7 Å². The van der Waals surface area contributed by atoms with Crippen molar-refractivity contribution in [1.82, 2.24) is 5.32 Å². The standard InChI is InChI=1S/C26H26N2O4S2/c1-17-10-12-22(32-4)25(14-17)34(30,31)28(3)21-11-13-23-20(15-21)16-24(33-23)26(29)27-18(2)19-8-6-5-7-9-19/h5-16,18H,1-4H3,(H,27,29)/t18-/m0/s1. The highest BCUT2D eigenvalue weighted by molar-refractivity contribution is 7.93. The maximum Gasteiger partial charge on any atom is 0.267 e. The van der Waals surface area contributed by atoms with Gasteiger partial charge in [-0.15, -0.1) is 11.3 Å². The molecule has 6 nitrogen and oxygen atoms in total. The minimum absolute atomic E-state index is 0.109. The molecule has 1 N–H and O–H groups in total. The molecule has 1 atom stereocenters. The van der Waals surface area contributed by atoms with Gasteiger partial charge in [-0.2, -0.15) is 0 Å². The predicted octanol–water partition coefficient (Wildman–Crippen LogP) is 5.53. The molecule has 8 heteroatoms. The number of anilines is 1. The van der Waals surface area contributed by atoms with Gasteiger partial charge in [-0.3, -0.25) is 9.10 Å². The Morgan fingerprint density at radius 1 is 1.03 bits per heavy atom. The molecule has 0 radical (unpaired) electrons. The average molecular weight is 495 g/mol. The summed E-state index contributed by atoms with van der Waals surface area (Å²) in [6, 6.07) is 21.9. The molecule has 0 saturated heterocycles. The molecule has 4 rings (SSSR count). The van der Waals surface area contributed by atoms with Crippen LogP contribution in [0.2, 0.25) is 0 Å². The number of sulfonamides is 1. The van der Waals surface area contributed by atoms with E-state index in [0.29, 0.717) is 16.3 Å². The number of thiophene rings is 1. The molecule has 4 aromatic rings. The molecule has 0 aliphatic carbocycles. The van der Waals surface area contributed by atoms with E-state index in [1.807, 2.05) is 50.2 Å². The molecular weight excluding hydrogens is 468 g/mol. The number of carbonyl (C=O) groups is 1. The Morgan fingerprint density at radius 2 is 1.76 bits per heavy atom. The third-order valence-corrected chi connectivity index (χ3v) is 8.61. The lowest BCUT2D eigenvalue weighted by atomic mass is 10.1. The van der Waals surface area contributed by atoms with Gasteiger partial charge in [0.15, 0.2) is 0 Å². The Labute approximate surface area is 203 Å². The number of carbonyl (C=O) groups excluding carboxylic acids is 1. The van der Waals surface area contributed by atoms with E-state index in [-0.39, 0.29) is 16.8 Å². The lowest BCUT2D eigenvalue weighted by Crippen LogP contribution is -2.27. The lowest BCUT2D eigenvalue weighted by Gasteiger charge is -2.21. The Bertz CT molecular complexity index is 1450. The van der Waals surface area contributed by atoms with Gasteiger partial charge in [-0.25, -0.2) is 8.42 Å². The predicted molar refractivity (Wildman–Crippen MR) is 137 cm³/mol. The van der Waals surface area contributed by atoms with Crippen molar-refractivity contribution >= 4 is 43.0 Å². The first-order valence-corrected chi connectivity index (χ1v) is 13.0. The number of hydrogen-bond acceptors (Lipinski definition) is 5. The van der Waals surface area contributed by atoms with Crippen molar-refractivity contribution in [1.29, 1.82) is 0 Å². The zero-order valence-corrected chi connectivity index (χ0v) is 21.0. The summed E-state index contributed by atoms with van der Waals surface area (Å²) in [6.45, 7) is 3.78. The highest BCUT2D eigenvalue weighted by atomic mass is 32.2. The maximum absolute atomic E-state index is 13.4. The van der Waals surface area contributed by atoms with Gasteiger partial charge < -0.3 is 10.1 Å². The summed E-state index contributed by atoms with van der Waals surface area (Å²) < 4.78 is 34.1. The molecule has 34 heavy (non-hydrogen) atoms. The normalized spacial score (nSPS) is 12.4. The van der Waals surface area contributed by atoms with Crippen molar-refractivity contribution in [3.05, 3.63) is 88.8 Å². The number of aryl methyl sites for hydroxylation is 1. The number of methoxy groups -OCH3 is 1. The fourth-order valence-electron chi connectivity index (χ4n) is 3.70. The van der Waals surface area contributed by atoms with Crippen molar-refractivity contribution < 1.29 is 17.9 Å². The molecule has 0 aliphatic heterocycles. The van der Waals surface area contributed by atoms with E-state index in [9.17, 15) is 13.2 Å². The van der Waals surface area contributed by atoms with Crippen molar-refractivity contribution in [2.75, 3.05) is 18.5 Å². The molecule has 0 aliphatic rings. The van der Waals surface area contributed by atoms with Gasteiger partial charge in [-0.1, -0.05) is 36.4 Å². The Hall–Kier alpha value is -3.36. The van der Waals surface area contributed by atoms with Crippen LogP contribution in [0.4, 0.5) is 5.69 Å². The molecule has 1 amide bonds. The maximum atomic E-state index is 13.4. The molecule has 3 aromatic carbocycles. The Kier molecular flexibility index (Phi) is 6.63. The first-order valence-electron chi connectivity index (χ1n) is 10.7. The fraction of sp³-hybridized carbons (Fsp3) is 0.192. The summed E-state index contributed by atoms with van der Waals surface area (Å²) in [7, 11) is -0.885. The van der Waals surface area contributed by atoms with E-state index < -0.39 is 10.0 Å².